The van der Waals surface area contributed by atoms with Crippen LogP contribution in [0.3, 0.4) is 0 Å². The fourth-order valence-electron chi connectivity index (χ4n) is 3.17. The summed E-state index contributed by atoms with van der Waals surface area (Å²) >= 11 is 0. The molecule has 0 unspecified atom stereocenters. The molecule has 1 amide bonds. The maximum atomic E-state index is 12.9. The van der Waals surface area contributed by atoms with Crippen molar-refractivity contribution in [1.29, 1.82) is 0 Å². The molecule has 174 valence electrons. The Morgan fingerprint density at radius 1 is 0.909 bits per heavy atom. The van der Waals surface area contributed by atoms with Gasteiger partial charge in [0.15, 0.2) is 0 Å². The van der Waals surface area contributed by atoms with Crippen LogP contribution in [0.4, 0.5) is 11.4 Å². The van der Waals surface area contributed by atoms with Gasteiger partial charge < -0.3 is 14.8 Å². The van der Waals surface area contributed by atoms with E-state index in [9.17, 15) is 13.2 Å². The summed E-state index contributed by atoms with van der Waals surface area (Å²) in [6.07, 6.45) is 0. The van der Waals surface area contributed by atoms with Crippen molar-refractivity contribution in [2.45, 2.75) is 25.7 Å². The summed E-state index contributed by atoms with van der Waals surface area (Å²) in [5, 5.41) is 2.84. The molecule has 0 radical (unpaired) electrons. The second-order valence-corrected chi connectivity index (χ2v) is 9.28. The van der Waals surface area contributed by atoms with Crippen LogP contribution in [-0.4, -0.2) is 34.6 Å². The highest BCUT2D eigenvalue weighted by atomic mass is 32.2. The van der Waals surface area contributed by atoms with Crippen LogP contribution in [0.15, 0.2) is 71.6 Å². The molecule has 0 aliphatic heterocycles. The Morgan fingerprint density at radius 2 is 1.55 bits per heavy atom. The molecule has 0 spiro atoms. The van der Waals surface area contributed by atoms with Crippen LogP contribution in [0.2, 0.25) is 0 Å². The van der Waals surface area contributed by atoms with Crippen LogP contribution in [0.25, 0.3) is 0 Å². The van der Waals surface area contributed by atoms with Gasteiger partial charge in [-0.05, 0) is 69.3 Å². The quantitative estimate of drug-likeness (QED) is 0.484. The number of hydrogen-bond donors (Lipinski definition) is 1. The Balaban J connectivity index is 1.79. The number of carbonyl (C=O) groups is 1. The van der Waals surface area contributed by atoms with Crippen molar-refractivity contribution in [3.8, 4) is 11.5 Å². The summed E-state index contributed by atoms with van der Waals surface area (Å²) in [6.45, 7) is 6.59. The second-order valence-electron chi connectivity index (χ2n) is 7.31. The third-order valence-electron chi connectivity index (χ3n) is 4.98. The Hall–Kier alpha value is -3.52. The minimum Gasteiger partial charge on any atom is -0.494 e. The number of nitrogens with zero attached hydrogens (tertiary/aromatic N) is 1. The number of amides is 1. The van der Waals surface area contributed by atoms with Gasteiger partial charge in [0.25, 0.3) is 15.9 Å². The highest BCUT2D eigenvalue weighted by Crippen LogP contribution is 2.30. The SMILES string of the molecule is CCOc1ccc(OCC)c(NC(=O)c2ccc(N(C)S(=O)(=O)c3ccc(C)cc3)cc2)c1. The van der Waals surface area contributed by atoms with E-state index >= 15 is 0 Å². The fourth-order valence-corrected chi connectivity index (χ4v) is 4.36. The molecule has 0 saturated heterocycles. The summed E-state index contributed by atoms with van der Waals surface area (Å²) in [5.41, 5.74) is 2.30. The summed E-state index contributed by atoms with van der Waals surface area (Å²) in [4.78, 5) is 13.0. The van der Waals surface area contributed by atoms with Gasteiger partial charge in [0, 0.05) is 18.7 Å². The lowest BCUT2D eigenvalue weighted by Crippen LogP contribution is -2.26. The topological polar surface area (TPSA) is 84.9 Å². The summed E-state index contributed by atoms with van der Waals surface area (Å²) in [7, 11) is -2.23. The number of ether oxygens (including phenoxy) is 2. The Bertz CT molecular complexity index is 1210. The average molecular weight is 469 g/mol. The van der Waals surface area contributed by atoms with E-state index in [0.717, 1.165) is 5.56 Å². The predicted molar refractivity (Wildman–Crippen MR) is 130 cm³/mol. The van der Waals surface area contributed by atoms with Crippen molar-refractivity contribution >= 4 is 27.3 Å². The van der Waals surface area contributed by atoms with Crippen molar-refractivity contribution in [3.63, 3.8) is 0 Å². The largest absolute Gasteiger partial charge is 0.494 e. The van der Waals surface area contributed by atoms with E-state index in [-0.39, 0.29) is 10.8 Å². The van der Waals surface area contributed by atoms with Gasteiger partial charge in [-0.15, -0.1) is 0 Å². The number of benzene rings is 3. The summed E-state index contributed by atoms with van der Waals surface area (Å²) in [6, 6.07) is 18.3. The number of aryl methyl sites for hydroxylation is 1. The zero-order chi connectivity index (χ0) is 24.0. The van der Waals surface area contributed by atoms with Crippen molar-refractivity contribution in [2.75, 3.05) is 29.9 Å². The monoisotopic (exact) mass is 468 g/mol. The molecule has 3 rings (SSSR count). The summed E-state index contributed by atoms with van der Waals surface area (Å²) in [5.74, 6) is 0.810. The maximum Gasteiger partial charge on any atom is 0.264 e. The van der Waals surface area contributed by atoms with Gasteiger partial charge in [0.05, 0.1) is 29.5 Å². The van der Waals surface area contributed by atoms with Crippen LogP contribution in [0.1, 0.15) is 29.8 Å². The zero-order valence-corrected chi connectivity index (χ0v) is 20.0. The lowest BCUT2D eigenvalue weighted by Gasteiger charge is -2.20. The first-order valence-corrected chi connectivity index (χ1v) is 12.1. The van der Waals surface area contributed by atoms with Gasteiger partial charge in [-0.25, -0.2) is 8.42 Å². The van der Waals surface area contributed by atoms with E-state index < -0.39 is 10.0 Å². The molecule has 1 N–H and O–H groups in total. The molecule has 7 nitrogen and oxygen atoms in total. The van der Waals surface area contributed by atoms with E-state index in [1.807, 2.05) is 20.8 Å². The molecule has 0 heterocycles. The first-order valence-electron chi connectivity index (χ1n) is 10.6. The van der Waals surface area contributed by atoms with E-state index in [2.05, 4.69) is 5.32 Å². The van der Waals surface area contributed by atoms with Crippen molar-refractivity contribution in [1.82, 2.24) is 0 Å². The Morgan fingerprint density at radius 3 is 2.15 bits per heavy atom. The van der Waals surface area contributed by atoms with E-state index in [1.54, 1.807) is 66.7 Å². The second kappa shape index (κ2) is 10.4. The number of hydrogen-bond acceptors (Lipinski definition) is 5. The standard InChI is InChI=1S/C25H28N2O5S/c1-5-31-21-13-16-24(32-6-2)23(17-21)26-25(28)19-9-11-20(12-10-19)27(4)33(29,30)22-14-7-18(3)8-15-22/h7-17H,5-6H2,1-4H3,(H,26,28). The van der Waals surface area contributed by atoms with Crippen LogP contribution >= 0.6 is 0 Å². The minimum absolute atomic E-state index is 0.204. The fraction of sp³-hybridized carbons (Fsp3) is 0.240. The minimum atomic E-state index is -3.71. The molecule has 0 aliphatic rings. The zero-order valence-electron chi connectivity index (χ0n) is 19.2. The van der Waals surface area contributed by atoms with Crippen LogP contribution < -0.4 is 19.1 Å². The maximum absolute atomic E-state index is 12.9. The first kappa shape index (κ1) is 24.1. The predicted octanol–water partition coefficient (Wildman–Crippen LogP) is 4.87. The molecule has 0 fully saturated rings. The van der Waals surface area contributed by atoms with E-state index in [1.165, 1.54) is 11.4 Å². The van der Waals surface area contributed by atoms with Gasteiger partial charge in [0.2, 0.25) is 0 Å². The number of rotatable bonds is 9. The molecular weight excluding hydrogens is 440 g/mol. The van der Waals surface area contributed by atoms with Crippen LogP contribution in [-0.2, 0) is 10.0 Å². The molecule has 8 heteroatoms. The van der Waals surface area contributed by atoms with Crippen LogP contribution in [0, 0.1) is 6.92 Å². The van der Waals surface area contributed by atoms with Gasteiger partial charge in [0.1, 0.15) is 11.5 Å². The first-order chi connectivity index (χ1) is 15.8. The van der Waals surface area contributed by atoms with Gasteiger partial charge in [-0.2, -0.15) is 0 Å². The Kier molecular flexibility index (Phi) is 7.60. The van der Waals surface area contributed by atoms with E-state index in [0.29, 0.717) is 41.7 Å². The molecule has 3 aromatic carbocycles. The van der Waals surface area contributed by atoms with Crippen molar-refractivity contribution < 1.29 is 22.7 Å². The molecule has 0 bridgehead atoms. The van der Waals surface area contributed by atoms with Gasteiger partial charge in [-0.1, -0.05) is 17.7 Å². The molecule has 33 heavy (non-hydrogen) atoms. The van der Waals surface area contributed by atoms with Crippen LogP contribution in [0.5, 0.6) is 11.5 Å². The molecule has 0 aromatic heterocycles. The molecular formula is C25H28N2O5S. The normalized spacial score (nSPS) is 11.0. The number of anilines is 2. The molecule has 0 atom stereocenters. The lowest BCUT2D eigenvalue weighted by atomic mass is 10.2. The highest BCUT2D eigenvalue weighted by Gasteiger charge is 2.21. The number of nitrogens with one attached hydrogen (secondary N) is 1. The third kappa shape index (κ3) is 5.64. The molecule has 3 aromatic rings. The van der Waals surface area contributed by atoms with Gasteiger partial charge >= 0.3 is 0 Å². The van der Waals surface area contributed by atoms with Crippen molar-refractivity contribution in [2.24, 2.45) is 0 Å². The summed E-state index contributed by atoms with van der Waals surface area (Å²) < 4.78 is 38.1. The number of carbonyl (C=O) groups excluding carboxylic acids is 1. The Labute approximate surface area is 195 Å². The molecule has 0 aliphatic carbocycles. The smallest absolute Gasteiger partial charge is 0.264 e. The lowest BCUT2D eigenvalue weighted by molar-refractivity contribution is 0.102. The number of sulfonamides is 1. The van der Waals surface area contributed by atoms with E-state index in [4.69, 9.17) is 9.47 Å². The van der Waals surface area contributed by atoms with Crippen molar-refractivity contribution in [3.05, 3.63) is 77.9 Å². The molecule has 0 saturated carbocycles. The third-order valence-corrected chi connectivity index (χ3v) is 6.78. The van der Waals surface area contributed by atoms with Gasteiger partial charge in [-0.3, -0.25) is 9.10 Å². The highest BCUT2D eigenvalue weighted by molar-refractivity contribution is 7.92. The average Bonchev–Trinajstić information content (AvgIpc) is 2.81.